The molecule has 1 aliphatic heterocycles. The summed E-state index contributed by atoms with van der Waals surface area (Å²) < 4.78 is 14.9. The van der Waals surface area contributed by atoms with Crippen molar-refractivity contribution in [3.63, 3.8) is 0 Å². The van der Waals surface area contributed by atoms with Gasteiger partial charge in [-0.1, -0.05) is 34.1 Å². The topological polar surface area (TPSA) is 36.1 Å². The van der Waals surface area contributed by atoms with E-state index in [9.17, 15) is 9.18 Å². The molecule has 0 saturated carbocycles. The van der Waals surface area contributed by atoms with Crippen molar-refractivity contribution in [2.75, 3.05) is 13.1 Å². The van der Waals surface area contributed by atoms with Crippen LogP contribution >= 0.6 is 15.9 Å². The molecular formula is C20H16BrFN2O. The van der Waals surface area contributed by atoms with E-state index in [1.807, 2.05) is 18.3 Å². The highest BCUT2D eigenvalue weighted by Crippen LogP contribution is 2.31. The van der Waals surface area contributed by atoms with E-state index in [4.69, 9.17) is 0 Å². The largest absolute Gasteiger partial charge is 0.361 e. The smallest absolute Gasteiger partial charge is 0.257 e. The fourth-order valence-electron chi connectivity index (χ4n) is 3.26. The van der Waals surface area contributed by atoms with E-state index in [1.165, 1.54) is 17.7 Å². The average Bonchev–Trinajstić information content (AvgIpc) is 3.05. The third kappa shape index (κ3) is 3.00. The Labute approximate surface area is 153 Å². The van der Waals surface area contributed by atoms with Crippen LogP contribution < -0.4 is 0 Å². The van der Waals surface area contributed by atoms with E-state index >= 15 is 0 Å². The molecule has 2 aromatic carbocycles. The van der Waals surface area contributed by atoms with Gasteiger partial charge >= 0.3 is 0 Å². The highest BCUT2D eigenvalue weighted by atomic mass is 79.9. The first-order valence-corrected chi connectivity index (χ1v) is 8.92. The van der Waals surface area contributed by atoms with Gasteiger partial charge in [-0.2, -0.15) is 0 Å². The monoisotopic (exact) mass is 398 g/mol. The van der Waals surface area contributed by atoms with Crippen molar-refractivity contribution in [3.8, 4) is 0 Å². The molecule has 0 unspecified atom stereocenters. The number of benzene rings is 2. The summed E-state index contributed by atoms with van der Waals surface area (Å²) in [6.45, 7) is 1.07. The number of halogens is 2. The Morgan fingerprint density at radius 1 is 1.20 bits per heavy atom. The van der Waals surface area contributed by atoms with Crippen LogP contribution in [0.15, 0.2) is 59.2 Å². The van der Waals surface area contributed by atoms with E-state index in [0.717, 1.165) is 27.4 Å². The number of carbonyl (C=O) groups excluding carboxylic acids is 1. The second kappa shape index (κ2) is 6.48. The fourth-order valence-corrected chi connectivity index (χ4v) is 3.62. The van der Waals surface area contributed by atoms with E-state index in [-0.39, 0.29) is 11.5 Å². The van der Waals surface area contributed by atoms with Gasteiger partial charge in [0.2, 0.25) is 0 Å². The molecule has 3 aromatic rings. The number of aromatic amines is 1. The molecule has 1 aliphatic rings. The van der Waals surface area contributed by atoms with Crippen LogP contribution in [0.25, 0.3) is 16.5 Å². The lowest BCUT2D eigenvalue weighted by atomic mass is 9.98. The van der Waals surface area contributed by atoms with E-state index in [1.54, 1.807) is 17.0 Å². The van der Waals surface area contributed by atoms with Gasteiger partial charge in [-0.3, -0.25) is 4.79 Å². The van der Waals surface area contributed by atoms with Crippen LogP contribution in [0.5, 0.6) is 0 Å². The van der Waals surface area contributed by atoms with Crippen LogP contribution in [0.3, 0.4) is 0 Å². The lowest BCUT2D eigenvalue weighted by Crippen LogP contribution is -2.35. The van der Waals surface area contributed by atoms with Gasteiger partial charge in [0, 0.05) is 40.2 Å². The third-order valence-electron chi connectivity index (χ3n) is 4.59. The van der Waals surface area contributed by atoms with Crippen molar-refractivity contribution in [2.24, 2.45) is 0 Å². The molecule has 1 amide bonds. The molecular weight excluding hydrogens is 383 g/mol. The zero-order chi connectivity index (χ0) is 17.4. The summed E-state index contributed by atoms with van der Waals surface area (Å²) in [6, 6.07) is 12.3. The predicted molar refractivity (Wildman–Crippen MR) is 101 cm³/mol. The number of hydrogen-bond acceptors (Lipinski definition) is 1. The van der Waals surface area contributed by atoms with Crippen LogP contribution in [-0.2, 0) is 0 Å². The second-order valence-electron chi connectivity index (χ2n) is 6.10. The number of rotatable bonds is 2. The number of nitrogens with one attached hydrogen (secondary N) is 1. The number of H-pyrrole nitrogens is 1. The number of nitrogens with zero attached hydrogens (tertiary/aromatic N) is 1. The van der Waals surface area contributed by atoms with Gasteiger partial charge in [0.1, 0.15) is 5.82 Å². The maximum absolute atomic E-state index is 13.8. The zero-order valence-corrected chi connectivity index (χ0v) is 15.0. The highest BCUT2D eigenvalue weighted by Gasteiger charge is 2.22. The summed E-state index contributed by atoms with van der Waals surface area (Å²) in [7, 11) is 0. The standard InChI is InChI=1S/C20H16BrFN2O/c21-14-5-6-19-16(11-14)17(12-23-19)13-7-9-24(10-8-13)20(25)15-3-1-2-4-18(15)22/h1-7,11-12,23H,8-10H2. The molecule has 2 heterocycles. The molecule has 1 N–H and O–H groups in total. The molecule has 0 saturated heterocycles. The van der Waals surface area contributed by atoms with Crippen molar-refractivity contribution in [2.45, 2.75) is 6.42 Å². The Morgan fingerprint density at radius 2 is 2.04 bits per heavy atom. The van der Waals surface area contributed by atoms with Gasteiger partial charge in [-0.15, -0.1) is 0 Å². The van der Waals surface area contributed by atoms with Crippen molar-refractivity contribution >= 4 is 38.3 Å². The predicted octanol–water partition coefficient (Wildman–Crippen LogP) is 5.00. The molecule has 0 spiro atoms. The molecule has 0 radical (unpaired) electrons. The van der Waals surface area contributed by atoms with E-state index in [0.29, 0.717) is 13.1 Å². The first kappa shape index (κ1) is 16.1. The third-order valence-corrected chi connectivity index (χ3v) is 5.08. The lowest BCUT2D eigenvalue weighted by Gasteiger charge is -2.26. The molecule has 0 fully saturated rings. The minimum absolute atomic E-state index is 0.135. The van der Waals surface area contributed by atoms with E-state index < -0.39 is 5.82 Å². The lowest BCUT2D eigenvalue weighted by molar-refractivity contribution is 0.0768. The van der Waals surface area contributed by atoms with E-state index in [2.05, 4.69) is 33.1 Å². The molecule has 0 atom stereocenters. The molecule has 0 bridgehead atoms. The number of carbonyl (C=O) groups is 1. The van der Waals surface area contributed by atoms with Crippen molar-refractivity contribution < 1.29 is 9.18 Å². The first-order chi connectivity index (χ1) is 12.1. The molecule has 4 rings (SSSR count). The van der Waals surface area contributed by atoms with Crippen LogP contribution in [0.1, 0.15) is 22.3 Å². The molecule has 25 heavy (non-hydrogen) atoms. The molecule has 3 nitrogen and oxygen atoms in total. The highest BCUT2D eigenvalue weighted by molar-refractivity contribution is 9.10. The Hall–Kier alpha value is -2.40. The maximum atomic E-state index is 13.8. The molecule has 5 heteroatoms. The average molecular weight is 399 g/mol. The van der Waals surface area contributed by atoms with Gasteiger partial charge in [0.25, 0.3) is 5.91 Å². The Balaban J connectivity index is 1.59. The number of hydrogen-bond donors (Lipinski definition) is 1. The van der Waals surface area contributed by atoms with Crippen molar-refractivity contribution in [1.29, 1.82) is 0 Å². The Morgan fingerprint density at radius 3 is 2.80 bits per heavy atom. The summed E-state index contributed by atoms with van der Waals surface area (Å²) >= 11 is 3.51. The van der Waals surface area contributed by atoms with Crippen molar-refractivity contribution in [1.82, 2.24) is 9.88 Å². The Bertz CT molecular complexity index is 992. The van der Waals surface area contributed by atoms with Gasteiger partial charge < -0.3 is 9.88 Å². The van der Waals surface area contributed by atoms with Crippen molar-refractivity contribution in [3.05, 3.63) is 76.2 Å². The second-order valence-corrected chi connectivity index (χ2v) is 7.02. The minimum atomic E-state index is -0.469. The van der Waals surface area contributed by atoms with Gasteiger partial charge in [-0.05, 0) is 42.3 Å². The summed E-state index contributed by atoms with van der Waals surface area (Å²) in [6.07, 6.45) is 4.82. The summed E-state index contributed by atoms with van der Waals surface area (Å²) in [4.78, 5) is 17.5. The number of amides is 1. The number of fused-ring (bicyclic) bond motifs is 1. The molecule has 1 aromatic heterocycles. The maximum Gasteiger partial charge on any atom is 0.257 e. The van der Waals surface area contributed by atoms with Gasteiger partial charge in [-0.25, -0.2) is 4.39 Å². The molecule has 126 valence electrons. The van der Waals surface area contributed by atoms with Crippen LogP contribution in [-0.4, -0.2) is 28.9 Å². The zero-order valence-electron chi connectivity index (χ0n) is 13.4. The SMILES string of the molecule is O=C(c1ccccc1F)N1CC=C(c2c[nH]c3ccc(Br)cc23)CC1. The number of aromatic nitrogens is 1. The minimum Gasteiger partial charge on any atom is -0.361 e. The summed E-state index contributed by atoms with van der Waals surface area (Å²) in [5.41, 5.74) is 3.59. The normalized spacial score (nSPS) is 14.6. The van der Waals surface area contributed by atoms with Crippen LogP contribution in [0.4, 0.5) is 4.39 Å². The van der Waals surface area contributed by atoms with Gasteiger partial charge in [0.15, 0.2) is 0 Å². The Kier molecular flexibility index (Phi) is 4.17. The van der Waals surface area contributed by atoms with Gasteiger partial charge in [0.05, 0.1) is 5.56 Å². The quantitative estimate of drug-likeness (QED) is 0.647. The van der Waals surface area contributed by atoms with Crippen LogP contribution in [0.2, 0.25) is 0 Å². The van der Waals surface area contributed by atoms with Crippen LogP contribution in [0, 0.1) is 5.82 Å². The summed E-state index contributed by atoms with van der Waals surface area (Å²) in [5, 5.41) is 1.16. The molecule has 0 aliphatic carbocycles. The fraction of sp³-hybridized carbons (Fsp3) is 0.150. The first-order valence-electron chi connectivity index (χ1n) is 8.13. The summed E-state index contributed by atoms with van der Waals surface area (Å²) in [5.74, 6) is -0.723.